The monoisotopic (exact) mass is 284 g/mol. The molecule has 8 nitrogen and oxygen atoms in total. The van der Waals surface area contributed by atoms with Gasteiger partial charge in [-0.2, -0.15) is 18.6 Å². The average molecular weight is 284 g/mol. The van der Waals surface area contributed by atoms with E-state index in [1.165, 1.54) is 10.9 Å². The Bertz CT molecular complexity index is 672. The summed E-state index contributed by atoms with van der Waals surface area (Å²) in [5.74, 6) is 0. The van der Waals surface area contributed by atoms with Crippen molar-refractivity contribution >= 4 is 15.7 Å². The molecule has 0 saturated heterocycles. The van der Waals surface area contributed by atoms with Gasteiger partial charge in [-0.1, -0.05) is 0 Å². The molecule has 0 fully saturated rings. The van der Waals surface area contributed by atoms with Gasteiger partial charge >= 0.3 is 0 Å². The van der Waals surface area contributed by atoms with Crippen LogP contribution in [0.25, 0.3) is 0 Å². The van der Waals surface area contributed by atoms with Crippen molar-refractivity contribution in [3.05, 3.63) is 23.7 Å². The zero-order valence-electron chi connectivity index (χ0n) is 10.9. The molecule has 0 radical (unpaired) electrons. The summed E-state index contributed by atoms with van der Waals surface area (Å²) in [5, 5.41) is 13.4. The van der Waals surface area contributed by atoms with Crippen LogP contribution < -0.4 is 10.0 Å². The Hall–Kier alpha value is -1.87. The molecule has 0 aliphatic heterocycles. The highest BCUT2D eigenvalue weighted by molar-refractivity contribution is 7.92. The van der Waals surface area contributed by atoms with Crippen LogP contribution in [0.5, 0.6) is 0 Å². The summed E-state index contributed by atoms with van der Waals surface area (Å²) in [7, 11) is -0.259. The number of hydrogen-bond acceptors (Lipinski definition) is 5. The van der Waals surface area contributed by atoms with Gasteiger partial charge in [-0.3, -0.25) is 14.5 Å². The highest BCUT2D eigenvalue weighted by Gasteiger charge is 2.23. The molecule has 0 atom stereocenters. The third kappa shape index (κ3) is 2.76. The van der Waals surface area contributed by atoms with Crippen molar-refractivity contribution in [2.45, 2.75) is 18.5 Å². The summed E-state index contributed by atoms with van der Waals surface area (Å²) < 4.78 is 28.5. The SMILES string of the molecule is CNCc1c(S(=O)(=O)Nc2cnn(C)c2)n[nH]c1C. The Labute approximate surface area is 111 Å². The lowest BCUT2D eigenvalue weighted by atomic mass is 10.3. The Morgan fingerprint density at radius 3 is 2.79 bits per heavy atom. The summed E-state index contributed by atoms with van der Waals surface area (Å²) in [5.41, 5.74) is 1.75. The molecular weight excluding hydrogens is 268 g/mol. The average Bonchev–Trinajstić information content (AvgIpc) is 2.87. The minimum Gasteiger partial charge on any atom is -0.316 e. The van der Waals surface area contributed by atoms with Crippen LogP contribution in [-0.4, -0.2) is 35.4 Å². The molecule has 0 saturated carbocycles. The fourth-order valence-electron chi connectivity index (χ4n) is 1.71. The number of anilines is 1. The predicted molar refractivity (Wildman–Crippen MR) is 70.1 cm³/mol. The third-order valence-corrected chi connectivity index (χ3v) is 3.95. The van der Waals surface area contributed by atoms with Crippen LogP contribution in [0.4, 0.5) is 5.69 Å². The molecule has 2 aromatic heterocycles. The number of nitrogens with zero attached hydrogens (tertiary/aromatic N) is 3. The molecule has 0 unspecified atom stereocenters. The maximum atomic E-state index is 12.3. The summed E-state index contributed by atoms with van der Waals surface area (Å²) >= 11 is 0. The normalized spacial score (nSPS) is 11.7. The van der Waals surface area contributed by atoms with E-state index < -0.39 is 10.0 Å². The second kappa shape index (κ2) is 5.02. The third-order valence-electron chi connectivity index (χ3n) is 2.60. The van der Waals surface area contributed by atoms with Crippen LogP contribution in [0, 0.1) is 6.92 Å². The number of aryl methyl sites for hydroxylation is 2. The lowest BCUT2D eigenvalue weighted by molar-refractivity contribution is 0.595. The van der Waals surface area contributed by atoms with Gasteiger partial charge < -0.3 is 5.32 Å². The van der Waals surface area contributed by atoms with Gasteiger partial charge in [0.1, 0.15) is 0 Å². The number of aromatic nitrogens is 4. The molecule has 2 aromatic rings. The zero-order chi connectivity index (χ0) is 14.0. The molecule has 0 aromatic carbocycles. The molecule has 0 aliphatic carbocycles. The number of sulfonamides is 1. The fraction of sp³-hybridized carbons (Fsp3) is 0.400. The molecular formula is C10H16N6O2S. The Morgan fingerprint density at radius 1 is 1.47 bits per heavy atom. The summed E-state index contributed by atoms with van der Waals surface area (Å²) in [6.45, 7) is 2.20. The van der Waals surface area contributed by atoms with Crippen LogP contribution in [0.1, 0.15) is 11.3 Å². The molecule has 2 rings (SSSR count). The first-order valence-corrected chi connectivity index (χ1v) is 7.12. The number of hydrogen-bond donors (Lipinski definition) is 3. The Balaban J connectivity index is 2.34. The molecule has 0 amide bonds. The summed E-state index contributed by atoms with van der Waals surface area (Å²) in [6, 6.07) is 0. The quantitative estimate of drug-likeness (QED) is 0.715. The second-order valence-electron chi connectivity index (χ2n) is 4.17. The standard InChI is InChI=1S/C10H16N6O2S/c1-7-9(5-11-2)10(14-13-7)19(17,18)15-8-4-12-16(3)6-8/h4,6,11,15H,5H2,1-3H3,(H,13,14). The number of nitrogens with one attached hydrogen (secondary N) is 3. The van der Waals surface area contributed by atoms with Crippen molar-refractivity contribution in [3.8, 4) is 0 Å². The highest BCUT2D eigenvalue weighted by Crippen LogP contribution is 2.19. The molecule has 0 aliphatic rings. The molecule has 9 heteroatoms. The zero-order valence-corrected chi connectivity index (χ0v) is 11.7. The molecule has 3 N–H and O–H groups in total. The van der Waals surface area contributed by atoms with Gasteiger partial charge in [-0.15, -0.1) is 0 Å². The van der Waals surface area contributed by atoms with Crippen LogP contribution >= 0.6 is 0 Å². The first kappa shape index (κ1) is 13.6. The van der Waals surface area contributed by atoms with Crippen molar-refractivity contribution < 1.29 is 8.42 Å². The van der Waals surface area contributed by atoms with Crippen molar-refractivity contribution in [2.75, 3.05) is 11.8 Å². The first-order chi connectivity index (χ1) is 8.94. The van der Waals surface area contributed by atoms with Crippen molar-refractivity contribution in [1.82, 2.24) is 25.3 Å². The lowest BCUT2D eigenvalue weighted by Crippen LogP contribution is -2.17. The Morgan fingerprint density at radius 2 is 2.21 bits per heavy atom. The van der Waals surface area contributed by atoms with Crippen molar-refractivity contribution in [1.29, 1.82) is 0 Å². The van der Waals surface area contributed by atoms with E-state index in [9.17, 15) is 8.42 Å². The topological polar surface area (TPSA) is 105 Å². The van der Waals surface area contributed by atoms with Gasteiger partial charge in [0.25, 0.3) is 10.0 Å². The Kier molecular flexibility index (Phi) is 3.58. The molecule has 0 bridgehead atoms. The van der Waals surface area contributed by atoms with E-state index in [1.807, 2.05) is 0 Å². The fourth-order valence-corrected chi connectivity index (χ4v) is 2.94. The lowest BCUT2D eigenvalue weighted by Gasteiger charge is -2.06. The van der Waals surface area contributed by atoms with Crippen molar-refractivity contribution in [3.63, 3.8) is 0 Å². The minimum atomic E-state index is -3.72. The predicted octanol–water partition coefficient (Wildman–Crippen LogP) is -0.0282. The molecule has 0 spiro atoms. The maximum absolute atomic E-state index is 12.3. The van der Waals surface area contributed by atoms with Gasteiger partial charge in [0.15, 0.2) is 0 Å². The van der Waals surface area contributed by atoms with Crippen molar-refractivity contribution in [2.24, 2.45) is 7.05 Å². The molecule has 2 heterocycles. The van der Waals surface area contributed by atoms with E-state index in [0.29, 0.717) is 17.8 Å². The van der Waals surface area contributed by atoms with Crippen LogP contribution in [0.3, 0.4) is 0 Å². The smallest absolute Gasteiger partial charge is 0.281 e. The van der Waals surface area contributed by atoms with Gasteiger partial charge in [-0.05, 0) is 14.0 Å². The molecule has 104 valence electrons. The largest absolute Gasteiger partial charge is 0.316 e. The van der Waals surface area contributed by atoms with Gasteiger partial charge in [0.05, 0.1) is 11.9 Å². The van der Waals surface area contributed by atoms with Crippen LogP contribution in [0.2, 0.25) is 0 Å². The highest BCUT2D eigenvalue weighted by atomic mass is 32.2. The number of aromatic amines is 1. The van der Waals surface area contributed by atoms with Crippen LogP contribution in [0.15, 0.2) is 17.4 Å². The first-order valence-electron chi connectivity index (χ1n) is 5.64. The van der Waals surface area contributed by atoms with E-state index in [-0.39, 0.29) is 5.03 Å². The van der Waals surface area contributed by atoms with E-state index in [1.54, 1.807) is 27.2 Å². The van der Waals surface area contributed by atoms with E-state index in [2.05, 4.69) is 25.3 Å². The molecule has 19 heavy (non-hydrogen) atoms. The summed E-state index contributed by atoms with van der Waals surface area (Å²) in [4.78, 5) is 0. The van der Waals surface area contributed by atoms with Gasteiger partial charge in [-0.25, -0.2) is 0 Å². The second-order valence-corrected chi connectivity index (χ2v) is 5.77. The number of rotatable bonds is 5. The maximum Gasteiger partial charge on any atom is 0.281 e. The van der Waals surface area contributed by atoms with E-state index in [4.69, 9.17) is 0 Å². The van der Waals surface area contributed by atoms with Gasteiger partial charge in [0.2, 0.25) is 5.03 Å². The van der Waals surface area contributed by atoms with Gasteiger partial charge in [0, 0.05) is 31.0 Å². The van der Waals surface area contributed by atoms with E-state index >= 15 is 0 Å². The van der Waals surface area contributed by atoms with Crippen LogP contribution in [-0.2, 0) is 23.6 Å². The summed E-state index contributed by atoms with van der Waals surface area (Å²) in [6.07, 6.45) is 3.02. The van der Waals surface area contributed by atoms with E-state index in [0.717, 1.165) is 5.69 Å². The minimum absolute atomic E-state index is 0.00297. The number of H-pyrrole nitrogens is 1.